The second-order valence-electron chi connectivity index (χ2n) is 8.42. The van der Waals surface area contributed by atoms with E-state index >= 15 is 0 Å². The summed E-state index contributed by atoms with van der Waals surface area (Å²) in [4.78, 5) is 53.9. The highest BCUT2D eigenvalue weighted by Crippen LogP contribution is 2.40. The Balaban J connectivity index is 1.48. The lowest BCUT2D eigenvalue weighted by molar-refractivity contribution is -0.183. The van der Waals surface area contributed by atoms with E-state index in [4.69, 9.17) is 0 Å². The average Bonchev–Trinajstić information content (AvgIpc) is 3.09. The Morgan fingerprint density at radius 2 is 1.90 bits per heavy atom. The van der Waals surface area contributed by atoms with Crippen molar-refractivity contribution in [1.82, 2.24) is 14.7 Å². The smallest absolute Gasteiger partial charge is 0.325 e. The summed E-state index contributed by atoms with van der Waals surface area (Å²) in [6, 6.07) is 6.85. The van der Waals surface area contributed by atoms with Gasteiger partial charge in [0.1, 0.15) is 12.1 Å². The van der Waals surface area contributed by atoms with Gasteiger partial charge in [-0.25, -0.2) is 0 Å². The number of nitrogens with one attached hydrogen (secondary N) is 1. The first kappa shape index (κ1) is 21.4. The molecule has 10 nitrogen and oxygen atoms in total. The van der Waals surface area contributed by atoms with E-state index in [1.807, 2.05) is 29.2 Å². The molecule has 0 aromatic heterocycles. The number of hydrogen-bond donors (Lipinski definition) is 2. The first-order chi connectivity index (χ1) is 14.7. The van der Waals surface area contributed by atoms with Crippen LogP contribution in [0.5, 0.6) is 0 Å². The largest absolute Gasteiger partial charge is 0.468 e. The van der Waals surface area contributed by atoms with E-state index in [1.54, 1.807) is 0 Å². The summed E-state index contributed by atoms with van der Waals surface area (Å²) in [5.41, 5.74) is 0.803. The zero-order valence-electron chi connectivity index (χ0n) is 17.5. The highest BCUT2D eigenvalue weighted by Gasteiger charge is 2.64. The summed E-state index contributed by atoms with van der Waals surface area (Å²) in [6.07, 6.45) is -0.442. The molecule has 0 saturated carbocycles. The van der Waals surface area contributed by atoms with Gasteiger partial charge in [-0.05, 0) is 24.1 Å². The van der Waals surface area contributed by atoms with Gasteiger partial charge >= 0.3 is 5.97 Å². The Morgan fingerprint density at radius 1 is 1.23 bits per heavy atom. The van der Waals surface area contributed by atoms with Crippen LogP contribution in [-0.2, 0) is 30.5 Å². The van der Waals surface area contributed by atoms with Crippen molar-refractivity contribution in [3.8, 4) is 0 Å². The molecule has 3 aliphatic rings. The maximum absolute atomic E-state index is 13.3. The third-order valence-corrected chi connectivity index (χ3v) is 6.19. The number of imide groups is 1. The van der Waals surface area contributed by atoms with Crippen LogP contribution < -0.4 is 5.32 Å². The summed E-state index contributed by atoms with van der Waals surface area (Å²) >= 11 is 0. The molecule has 0 bridgehead atoms. The number of rotatable bonds is 5. The predicted octanol–water partition coefficient (Wildman–Crippen LogP) is -0.824. The molecule has 31 heavy (non-hydrogen) atoms. The fourth-order valence-corrected chi connectivity index (χ4v) is 4.80. The molecule has 2 N–H and O–H groups in total. The van der Waals surface area contributed by atoms with Gasteiger partial charge in [-0.2, -0.15) is 0 Å². The zero-order chi connectivity index (χ0) is 22.3. The average molecular weight is 430 g/mol. The zero-order valence-corrected chi connectivity index (χ0v) is 17.5. The number of methoxy groups -OCH3 is 1. The first-order valence-corrected chi connectivity index (χ1v) is 10.2. The molecule has 3 heterocycles. The van der Waals surface area contributed by atoms with E-state index in [9.17, 15) is 24.3 Å². The molecule has 0 aliphatic carbocycles. The SMILES string of the molecule is COC(=O)CN1C(=O)[C@@H]2C[C@@H](O)CN2C2(CN(Cc3ccc(NC(C)=O)cc3)C2)C1=O. The number of hydrogen-bond acceptors (Lipinski definition) is 8. The van der Waals surface area contributed by atoms with Gasteiger partial charge in [0.15, 0.2) is 0 Å². The van der Waals surface area contributed by atoms with E-state index < -0.39 is 42.0 Å². The van der Waals surface area contributed by atoms with Crippen LogP contribution in [0.1, 0.15) is 18.9 Å². The highest BCUT2D eigenvalue weighted by molar-refractivity contribution is 6.07. The summed E-state index contributed by atoms with van der Waals surface area (Å²) in [7, 11) is 1.21. The lowest BCUT2D eigenvalue weighted by atomic mass is 9.82. The fraction of sp³-hybridized carbons (Fsp3) is 0.524. The Bertz CT molecular complexity index is 911. The van der Waals surface area contributed by atoms with E-state index in [2.05, 4.69) is 15.0 Å². The van der Waals surface area contributed by atoms with Crippen molar-refractivity contribution >= 4 is 29.4 Å². The number of likely N-dealkylation sites (tertiary alicyclic amines) is 1. The van der Waals surface area contributed by atoms with Gasteiger partial charge in [0, 0.05) is 38.8 Å². The molecule has 3 fully saturated rings. The van der Waals surface area contributed by atoms with Crippen molar-refractivity contribution < 1.29 is 29.0 Å². The normalized spacial score (nSPS) is 25.3. The maximum Gasteiger partial charge on any atom is 0.325 e. The van der Waals surface area contributed by atoms with Gasteiger partial charge in [0.25, 0.3) is 5.91 Å². The van der Waals surface area contributed by atoms with E-state index in [1.165, 1.54) is 14.0 Å². The standard InChI is InChI=1S/C21H26N4O6/c1-13(26)22-15-5-3-14(4-6-15)8-23-11-21(12-23)20(30)24(10-18(28)31-2)19(29)17-7-16(27)9-25(17)21/h3-6,16-17,27H,7-12H2,1-2H3,(H,22,26)/t16-,17+/m1/s1. The molecule has 3 saturated heterocycles. The van der Waals surface area contributed by atoms with Crippen LogP contribution in [0.3, 0.4) is 0 Å². The number of β-amino-alcohol motifs (C(OH)–C–C–N with tert-alkyl or cyclic N) is 1. The van der Waals surface area contributed by atoms with Crippen LogP contribution in [0.25, 0.3) is 0 Å². The summed E-state index contributed by atoms with van der Waals surface area (Å²) in [5, 5.41) is 12.9. The van der Waals surface area contributed by atoms with Crippen LogP contribution in [0.4, 0.5) is 5.69 Å². The molecular formula is C21H26N4O6. The minimum atomic E-state index is -0.930. The Kier molecular flexibility index (Phi) is 5.54. The maximum atomic E-state index is 13.3. The third kappa shape index (κ3) is 3.82. The number of carbonyl (C=O) groups is 4. The van der Waals surface area contributed by atoms with E-state index in [-0.39, 0.29) is 18.9 Å². The molecule has 0 unspecified atom stereocenters. The van der Waals surface area contributed by atoms with Crippen LogP contribution in [-0.4, -0.2) is 94.5 Å². The number of fused-ring (bicyclic) bond motifs is 2. The van der Waals surface area contributed by atoms with Gasteiger partial charge in [0.2, 0.25) is 11.8 Å². The Labute approximate surface area is 179 Å². The van der Waals surface area contributed by atoms with Gasteiger partial charge in [-0.3, -0.25) is 33.9 Å². The molecule has 4 rings (SSSR count). The van der Waals surface area contributed by atoms with Crippen LogP contribution >= 0.6 is 0 Å². The van der Waals surface area contributed by atoms with E-state index in [0.29, 0.717) is 25.3 Å². The van der Waals surface area contributed by atoms with Crippen molar-refractivity contribution in [3.05, 3.63) is 29.8 Å². The molecule has 2 atom stereocenters. The minimum Gasteiger partial charge on any atom is -0.468 e. The first-order valence-electron chi connectivity index (χ1n) is 10.2. The molecule has 1 aromatic rings. The number of anilines is 1. The quantitative estimate of drug-likeness (QED) is 0.459. The number of piperazine rings is 1. The van der Waals surface area contributed by atoms with Gasteiger partial charge < -0.3 is 15.2 Å². The lowest BCUT2D eigenvalue weighted by Gasteiger charge is -2.58. The van der Waals surface area contributed by atoms with Crippen molar-refractivity contribution in [3.63, 3.8) is 0 Å². The number of aliphatic hydroxyl groups excluding tert-OH is 1. The number of esters is 1. The molecule has 0 radical (unpaired) electrons. The molecule has 10 heteroatoms. The van der Waals surface area contributed by atoms with Crippen LogP contribution in [0.2, 0.25) is 0 Å². The van der Waals surface area contributed by atoms with Gasteiger partial charge in [-0.15, -0.1) is 0 Å². The monoisotopic (exact) mass is 430 g/mol. The topological polar surface area (TPSA) is 119 Å². The number of aliphatic hydroxyl groups is 1. The highest BCUT2D eigenvalue weighted by atomic mass is 16.5. The second kappa shape index (κ2) is 8.03. The predicted molar refractivity (Wildman–Crippen MR) is 109 cm³/mol. The second-order valence-corrected chi connectivity index (χ2v) is 8.42. The van der Waals surface area contributed by atoms with Crippen LogP contribution in [0, 0.1) is 0 Å². The fourth-order valence-electron chi connectivity index (χ4n) is 4.80. The Hall–Kier alpha value is -2.82. The lowest BCUT2D eigenvalue weighted by Crippen LogP contribution is -2.81. The van der Waals surface area contributed by atoms with Crippen molar-refractivity contribution in [2.45, 2.75) is 37.6 Å². The molecule has 1 spiro atoms. The van der Waals surface area contributed by atoms with Crippen LogP contribution in [0.15, 0.2) is 24.3 Å². The van der Waals surface area contributed by atoms with Crippen molar-refractivity contribution in [2.75, 3.05) is 38.6 Å². The summed E-state index contributed by atoms with van der Waals surface area (Å²) in [6.45, 7) is 2.68. The van der Waals surface area contributed by atoms with Crippen molar-refractivity contribution in [2.24, 2.45) is 0 Å². The molecule has 166 valence electrons. The molecule has 1 aromatic carbocycles. The van der Waals surface area contributed by atoms with Crippen molar-refractivity contribution in [1.29, 1.82) is 0 Å². The molecular weight excluding hydrogens is 404 g/mol. The number of ether oxygens (including phenoxy) is 1. The molecule has 3 amide bonds. The number of carbonyl (C=O) groups excluding carboxylic acids is 4. The van der Waals surface area contributed by atoms with Gasteiger partial charge in [0.05, 0.1) is 19.3 Å². The molecule has 3 aliphatic heterocycles. The van der Waals surface area contributed by atoms with Gasteiger partial charge in [-0.1, -0.05) is 12.1 Å². The minimum absolute atomic E-state index is 0.137. The Morgan fingerprint density at radius 3 is 2.52 bits per heavy atom. The number of benzene rings is 1. The van der Waals surface area contributed by atoms with E-state index in [0.717, 1.165) is 10.5 Å². The summed E-state index contributed by atoms with van der Waals surface area (Å²) < 4.78 is 4.65. The third-order valence-electron chi connectivity index (χ3n) is 6.19. The summed E-state index contributed by atoms with van der Waals surface area (Å²) in [5.74, 6) is -1.66. The number of amides is 3. The number of nitrogens with zero attached hydrogens (tertiary/aromatic N) is 3.